The van der Waals surface area contributed by atoms with Crippen molar-refractivity contribution in [3.05, 3.63) is 65.8 Å². The predicted molar refractivity (Wildman–Crippen MR) is 86.7 cm³/mol. The summed E-state index contributed by atoms with van der Waals surface area (Å²) in [5.74, 6) is 3.38. The Bertz CT molecular complexity index is 719. The molecule has 0 saturated heterocycles. The van der Waals surface area contributed by atoms with E-state index in [0.29, 0.717) is 25.6 Å². The van der Waals surface area contributed by atoms with Gasteiger partial charge in [-0.25, -0.2) is 9.97 Å². The van der Waals surface area contributed by atoms with Crippen molar-refractivity contribution in [3.8, 4) is 0 Å². The van der Waals surface area contributed by atoms with Crippen molar-refractivity contribution in [2.45, 2.75) is 26.6 Å². The molecule has 0 atom stereocenters. The van der Waals surface area contributed by atoms with Crippen LogP contribution in [0.25, 0.3) is 0 Å². The molecule has 6 nitrogen and oxygen atoms in total. The Labute approximate surface area is 135 Å². The zero-order chi connectivity index (χ0) is 16.1. The molecule has 0 amide bonds. The molecule has 0 aliphatic carbocycles. The molecule has 120 valence electrons. The lowest BCUT2D eigenvalue weighted by Crippen LogP contribution is -2.22. The Balaban J connectivity index is 1.73. The third-order valence-corrected chi connectivity index (χ3v) is 3.47. The molecule has 0 saturated carbocycles. The van der Waals surface area contributed by atoms with Gasteiger partial charge in [0.2, 0.25) is 5.95 Å². The molecule has 3 aromatic heterocycles. The predicted octanol–water partition coefficient (Wildman–Crippen LogP) is 3.22. The number of hydrogen-bond acceptors (Lipinski definition) is 6. The molecule has 0 fully saturated rings. The first-order valence-electron chi connectivity index (χ1n) is 7.51. The summed E-state index contributed by atoms with van der Waals surface area (Å²) in [7, 11) is 1.80. The molecule has 6 heteroatoms. The van der Waals surface area contributed by atoms with Crippen LogP contribution in [0.1, 0.15) is 22.8 Å². The summed E-state index contributed by atoms with van der Waals surface area (Å²) in [5, 5.41) is 2.92. The second-order valence-corrected chi connectivity index (χ2v) is 5.40. The van der Waals surface area contributed by atoms with Gasteiger partial charge in [-0.2, -0.15) is 0 Å². The molecular formula is C17H20N4O2. The van der Waals surface area contributed by atoms with E-state index in [4.69, 9.17) is 8.83 Å². The van der Waals surface area contributed by atoms with E-state index in [-0.39, 0.29) is 0 Å². The van der Waals surface area contributed by atoms with Crippen molar-refractivity contribution in [1.82, 2.24) is 14.9 Å². The topological polar surface area (TPSA) is 67.3 Å². The van der Waals surface area contributed by atoms with Gasteiger partial charge in [0.1, 0.15) is 17.3 Å². The molecule has 0 aliphatic rings. The standard InChI is InChI=1S/C17H20N4O2/c1-13-5-6-16(23-13)12-21(11-15-4-3-7-22-15)10-14-8-19-17(18-2)20-9-14/h3-9H,10-12H2,1-2H3,(H,18,19,20). The summed E-state index contributed by atoms with van der Waals surface area (Å²) in [6, 6.07) is 7.85. The number of aromatic nitrogens is 2. The summed E-state index contributed by atoms with van der Waals surface area (Å²) in [5.41, 5.74) is 1.04. The van der Waals surface area contributed by atoms with Crippen molar-refractivity contribution in [3.63, 3.8) is 0 Å². The van der Waals surface area contributed by atoms with E-state index in [1.807, 2.05) is 43.6 Å². The van der Waals surface area contributed by atoms with Crippen molar-refractivity contribution in [1.29, 1.82) is 0 Å². The Morgan fingerprint density at radius 3 is 2.43 bits per heavy atom. The normalized spacial score (nSPS) is 11.1. The SMILES string of the molecule is CNc1ncc(CN(Cc2ccco2)Cc2ccc(C)o2)cn1. The molecule has 3 heterocycles. The van der Waals surface area contributed by atoms with E-state index in [9.17, 15) is 0 Å². The van der Waals surface area contributed by atoms with Crippen LogP contribution in [0, 0.1) is 6.92 Å². The van der Waals surface area contributed by atoms with Crippen LogP contribution in [0.4, 0.5) is 5.95 Å². The van der Waals surface area contributed by atoms with Gasteiger partial charge in [0.25, 0.3) is 0 Å². The minimum atomic E-state index is 0.619. The van der Waals surface area contributed by atoms with Gasteiger partial charge in [0.15, 0.2) is 0 Å². The maximum absolute atomic E-state index is 5.69. The lowest BCUT2D eigenvalue weighted by atomic mass is 10.2. The quantitative estimate of drug-likeness (QED) is 0.722. The van der Waals surface area contributed by atoms with Crippen molar-refractivity contribution in [2.75, 3.05) is 12.4 Å². The molecule has 3 rings (SSSR count). The number of rotatable bonds is 7. The lowest BCUT2D eigenvalue weighted by Gasteiger charge is -2.20. The van der Waals surface area contributed by atoms with Gasteiger partial charge in [-0.15, -0.1) is 0 Å². The van der Waals surface area contributed by atoms with Crippen molar-refractivity contribution in [2.24, 2.45) is 0 Å². The summed E-state index contributed by atoms with van der Waals surface area (Å²) < 4.78 is 11.2. The molecular weight excluding hydrogens is 292 g/mol. The van der Waals surface area contributed by atoms with E-state index < -0.39 is 0 Å². The first-order valence-corrected chi connectivity index (χ1v) is 7.51. The molecule has 23 heavy (non-hydrogen) atoms. The van der Waals surface area contributed by atoms with E-state index in [0.717, 1.165) is 22.8 Å². The molecule has 0 radical (unpaired) electrons. The smallest absolute Gasteiger partial charge is 0.222 e. The van der Waals surface area contributed by atoms with Crippen LogP contribution in [0.3, 0.4) is 0 Å². The zero-order valence-corrected chi connectivity index (χ0v) is 13.3. The molecule has 0 unspecified atom stereocenters. The average Bonchev–Trinajstić information content (AvgIpc) is 3.20. The fourth-order valence-corrected chi connectivity index (χ4v) is 2.40. The Hall–Kier alpha value is -2.60. The number of nitrogens with zero attached hydrogens (tertiary/aromatic N) is 3. The van der Waals surface area contributed by atoms with Gasteiger partial charge < -0.3 is 14.2 Å². The van der Waals surface area contributed by atoms with Gasteiger partial charge in [-0.05, 0) is 31.2 Å². The second-order valence-electron chi connectivity index (χ2n) is 5.40. The summed E-state index contributed by atoms with van der Waals surface area (Å²) in [6.45, 7) is 4.05. The highest BCUT2D eigenvalue weighted by atomic mass is 16.3. The minimum Gasteiger partial charge on any atom is -0.468 e. The zero-order valence-electron chi connectivity index (χ0n) is 13.3. The van der Waals surface area contributed by atoms with Crippen LogP contribution in [0.2, 0.25) is 0 Å². The molecule has 3 aromatic rings. The molecule has 0 bridgehead atoms. The van der Waals surface area contributed by atoms with Crippen LogP contribution in [0.5, 0.6) is 0 Å². The van der Waals surface area contributed by atoms with E-state index in [1.54, 1.807) is 13.3 Å². The summed E-state index contributed by atoms with van der Waals surface area (Å²) in [6.07, 6.45) is 5.36. The fourth-order valence-electron chi connectivity index (χ4n) is 2.40. The largest absolute Gasteiger partial charge is 0.468 e. The fraction of sp³-hybridized carbons (Fsp3) is 0.294. The Kier molecular flexibility index (Phi) is 4.73. The summed E-state index contributed by atoms with van der Waals surface area (Å²) in [4.78, 5) is 10.8. The van der Waals surface area contributed by atoms with Gasteiger partial charge in [0, 0.05) is 31.5 Å². The van der Waals surface area contributed by atoms with Crippen LogP contribution in [-0.2, 0) is 19.6 Å². The van der Waals surface area contributed by atoms with Gasteiger partial charge in [-0.3, -0.25) is 4.90 Å². The summed E-state index contributed by atoms with van der Waals surface area (Å²) >= 11 is 0. The van der Waals surface area contributed by atoms with Crippen molar-refractivity contribution >= 4 is 5.95 Å². The number of hydrogen-bond donors (Lipinski definition) is 1. The highest BCUT2D eigenvalue weighted by molar-refractivity contribution is 5.23. The van der Waals surface area contributed by atoms with E-state index >= 15 is 0 Å². The van der Waals surface area contributed by atoms with Gasteiger partial charge >= 0.3 is 0 Å². The number of anilines is 1. The highest BCUT2D eigenvalue weighted by Gasteiger charge is 2.12. The average molecular weight is 312 g/mol. The Morgan fingerprint density at radius 1 is 1.04 bits per heavy atom. The number of nitrogens with one attached hydrogen (secondary N) is 1. The van der Waals surface area contributed by atoms with E-state index in [1.165, 1.54) is 0 Å². The minimum absolute atomic E-state index is 0.619. The second kappa shape index (κ2) is 7.11. The molecule has 1 N–H and O–H groups in total. The number of furan rings is 2. The van der Waals surface area contributed by atoms with Crippen LogP contribution in [-0.4, -0.2) is 21.9 Å². The first kappa shape index (κ1) is 15.3. The lowest BCUT2D eigenvalue weighted by molar-refractivity contribution is 0.208. The van der Waals surface area contributed by atoms with Crippen molar-refractivity contribution < 1.29 is 8.83 Å². The van der Waals surface area contributed by atoms with Crippen LogP contribution in [0.15, 0.2) is 51.8 Å². The molecule has 0 spiro atoms. The Morgan fingerprint density at radius 2 is 1.83 bits per heavy atom. The third-order valence-electron chi connectivity index (χ3n) is 3.47. The highest BCUT2D eigenvalue weighted by Crippen LogP contribution is 2.16. The van der Waals surface area contributed by atoms with Gasteiger partial charge in [0.05, 0.1) is 19.4 Å². The van der Waals surface area contributed by atoms with Crippen LogP contribution >= 0.6 is 0 Å². The molecule has 0 aliphatic heterocycles. The van der Waals surface area contributed by atoms with Crippen LogP contribution < -0.4 is 5.32 Å². The first-order chi connectivity index (χ1) is 11.2. The maximum Gasteiger partial charge on any atom is 0.222 e. The van der Waals surface area contributed by atoms with E-state index in [2.05, 4.69) is 20.2 Å². The van der Waals surface area contributed by atoms with Gasteiger partial charge in [-0.1, -0.05) is 0 Å². The third kappa shape index (κ3) is 4.20. The maximum atomic E-state index is 5.69. The monoisotopic (exact) mass is 312 g/mol. The molecule has 0 aromatic carbocycles. The number of aryl methyl sites for hydroxylation is 1.